The number of ether oxygens (including phenoxy) is 1. The number of rotatable bonds is 5. The molecule has 1 aromatic carbocycles. The summed E-state index contributed by atoms with van der Waals surface area (Å²) in [6.07, 6.45) is 0. The Morgan fingerprint density at radius 1 is 1.29 bits per heavy atom. The van der Waals surface area contributed by atoms with E-state index in [2.05, 4.69) is 66.6 Å². The molecular weight excluding hydrogens is 300 g/mol. The maximum absolute atomic E-state index is 5.82. The van der Waals surface area contributed by atoms with Crippen molar-refractivity contribution in [2.24, 2.45) is 5.92 Å². The van der Waals surface area contributed by atoms with Crippen LogP contribution in [0.25, 0.3) is 11.0 Å². The molecule has 132 valence electrons. The molecule has 3 rings (SSSR count). The highest BCUT2D eigenvalue weighted by Crippen LogP contribution is 2.22. The lowest BCUT2D eigenvalue weighted by Crippen LogP contribution is -2.35. The molecule has 5 nitrogen and oxygen atoms in total. The summed E-state index contributed by atoms with van der Waals surface area (Å²) in [5.41, 5.74) is 2.33. The van der Waals surface area contributed by atoms with Gasteiger partial charge in [-0.2, -0.15) is 0 Å². The van der Waals surface area contributed by atoms with E-state index in [0.717, 1.165) is 50.7 Å². The molecule has 1 aliphatic rings. The van der Waals surface area contributed by atoms with E-state index in [-0.39, 0.29) is 0 Å². The molecule has 2 heterocycles. The van der Waals surface area contributed by atoms with E-state index in [0.29, 0.717) is 12.0 Å². The van der Waals surface area contributed by atoms with Gasteiger partial charge >= 0.3 is 0 Å². The van der Waals surface area contributed by atoms with Crippen molar-refractivity contribution in [3.8, 4) is 0 Å². The number of benzene rings is 1. The van der Waals surface area contributed by atoms with E-state index in [1.165, 1.54) is 5.52 Å². The summed E-state index contributed by atoms with van der Waals surface area (Å²) < 4.78 is 8.19. The average molecular weight is 330 g/mol. The van der Waals surface area contributed by atoms with Gasteiger partial charge in [-0.05, 0) is 40.1 Å². The third-order valence-electron chi connectivity index (χ3n) is 4.60. The van der Waals surface area contributed by atoms with Gasteiger partial charge in [0.05, 0.1) is 30.8 Å². The second-order valence-corrected chi connectivity index (χ2v) is 7.42. The van der Waals surface area contributed by atoms with Crippen LogP contribution in [0.5, 0.6) is 0 Å². The Bertz CT molecular complexity index is 664. The molecule has 1 saturated heterocycles. The monoisotopic (exact) mass is 330 g/mol. The van der Waals surface area contributed by atoms with Crippen LogP contribution in [0, 0.1) is 5.92 Å². The molecule has 1 unspecified atom stereocenters. The minimum absolute atomic E-state index is 0.410. The Morgan fingerprint density at radius 3 is 2.83 bits per heavy atom. The highest BCUT2D eigenvalue weighted by molar-refractivity contribution is 5.76. The van der Waals surface area contributed by atoms with Crippen LogP contribution in [0.2, 0.25) is 0 Å². The largest absolute Gasteiger partial charge is 0.380 e. The predicted octanol–water partition coefficient (Wildman–Crippen LogP) is 2.63. The quantitative estimate of drug-likeness (QED) is 0.844. The first-order valence-corrected chi connectivity index (χ1v) is 8.95. The molecule has 2 aromatic rings. The van der Waals surface area contributed by atoms with E-state index in [1.807, 2.05) is 0 Å². The third kappa shape index (κ3) is 3.97. The van der Waals surface area contributed by atoms with E-state index in [9.17, 15) is 0 Å². The SMILES string of the molecule is CC(C)n1c(CN2CCOCC(CN(C)C)C2)nc2ccccc21. The van der Waals surface area contributed by atoms with Crippen molar-refractivity contribution in [3.63, 3.8) is 0 Å². The fraction of sp³-hybridized carbons (Fsp3) is 0.632. The van der Waals surface area contributed by atoms with Crippen LogP contribution in [0.1, 0.15) is 25.7 Å². The molecule has 0 N–H and O–H groups in total. The second-order valence-electron chi connectivity index (χ2n) is 7.42. The van der Waals surface area contributed by atoms with Crippen LogP contribution >= 0.6 is 0 Å². The lowest BCUT2D eigenvalue weighted by atomic mass is 10.1. The van der Waals surface area contributed by atoms with Gasteiger partial charge in [-0.3, -0.25) is 4.90 Å². The van der Waals surface area contributed by atoms with E-state index in [1.54, 1.807) is 0 Å². The number of hydrogen-bond donors (Lipinski definition) is 0. The molecule has 0 aliphatic carbocycles. The summed E-state index contributed by atoms with van der Waals surface area (Å²) in [4.78, 5) is 9.67. The molecule has 0 bridgehead atoms. The maximum atomic E-state index is 5.82. The zero-order valence-corrected chi connectivity index (χ0v) is 15.4. The second kappa shape index (κ2) is 7.64. The Morgan fingerprint density at radius 2 is 2.08 bits per heavy atom. The Labute approximate surface area is 145 Å². The van der Waals surface area contributed by atoms with Gasteiger partial charge < -0.3 is 14.2 Å². The number of imidazole rings is 1. The number of nitrogens with zero attached hydrogens (tertiary/aromatic N) is 4. The van der Waals surface area contributed by atoms with Crippen LogP contribution in [0.3, 0.4) is 0 Å². The van der Waals surface area contributed by atoms with Crippen LogP contribution in [-0.2, 0) is 11.3 Å². The van der Waals surface area contributed by atoms with Crippen molar-refractivity contribution in [2.75, 3.05) is 46.9 Å². The first kappa shape index (κ1) is 17.4. The highest BCUT2D eigenvalue weighted by atomic mass is 16.5. The van der Waals surface area contributed by atoms with Gasteiger partial charge in [-0.15, -0.1) is 0 Å². The summed E-state index contributed by atoms with van der Waals surface area (Å²) in [7, 11) is 4.26. The van der Waals surface area contributed by atoms with Gasteiger partial charge in [0.2, 0.25) is 0 Å². The zero-order valence-electron chi connectivity index (χ0n) is 15.4. The summed E-state index contributed by atoms with van der Waals surface area (Å²) in [6.45, 7) is 10.1. The van der Waals surface area contributed by atoms with Crippen molar-refractivity contribution in [2.45, 2.75) is 26.4 Å². The first-order chi connectivity index (χ1) is 11.5. The minimum Gasteiger partial charge on any atom is -0.380 e. The van der Waals surface area contributed by atoms with Crippen molar-refractivity contribution < 1.29 is 4.74 Å². The van der Waals surface area contributed by atoms with E-state index in [4.69, 9.17) is 9.72 Å². The summed E-state index contributed by atoms with van der Waals surface area (Å²) in [5.74, 6) is 1.72. The molecule has 0 saturated carbocycles. The molecule has 1 aromatic heterocycles. The van der Waals surface area contributed by atoms with Gasteiger partial charge in [0.25, 0.3) is 0 Å². The van der Waals surface area contributed by atoms with Crippen molar-refractivity contribution in [3.05, 3.63) is 30.1 Å². The van der Waals surface area contributed by atoms with E-state index < -0.39 is 0 Å². The smallest absolute Gasteiger partial charge is 0.124 e. The molecule has 24 heavy (non-hydrogen) atoms. The Hall–Kier alpha value is -1.43. The lowest BCUT2D eigenvalue weighted by molar-refractivity contribution is 0.112. The Kier molecular flexibility index (Phi) is 5.54. The fourth-order valence-corrected chi connectivity index (χ4v) is 3.71. The van der Waals surface area contributed by atoms with Gasteiger partial charge in [0, 0.05) is 31.6 Å². The van der Waals surface area contributed by atoms with Crippen LogP contribution in [0.4, 0.5) is 0 Å². The maximum Gasteiger partial charge on any atom is 0.124 e. The van der Waals surface area contributed by atoms with Gasteiger partial charge in [0.1, 0.15) is 5.82 Å². The molecule has 0 radical (unpaired) electrons. The van der Waals surface area contributed by atoms with E-state index >= 15 is 0 Å². The summed E-state index contributed by atoms with van der Waals surface area (Å²) in [5, 5.41) is 0. The highest BCUT2D eigenvalue weighted by Gasteiger charge is 2.22. The average Bonchev–Trinajstić information content (AvgIpc) is 2.74. The lowest BCUT2D eigenvalue weighted by Gasteiger charge is -2.25. The van der Waals surface area contributed by atoms with Gasteiger partial charge in [0.15, 0.2) is 0 Å². The number of aromatic nitrogens is 2. The topological polar surface area (TPSA) is 33.5 Å². The van der Waals surface area contributed by atoms with Gasteiger partial charge in [-0.25, -0.2) is 4.98 Å². The molecule has 5 heteroatoms. The van der Waals surface area contributed by atoms with Crippen LogP contribution < -0.4 is 0 Å². The summed E-state index contributed by atoms with van der Waals surface area (Å²) >= 11 is 0. The van der Waals surface area contributed by atoms with Crippen molar-refractivity contribution in [1.82, 2.24) is 19.4 Å². The van der Waals surface area contributed by atoms with Crippen molar-refractivity contribution >= 4 is 11.0 Å². The van der Waals surface area contributed by atoms with Crippen LogP contribution in [-0.4, -0.2) is 66.3 Å². The number of para-hydroxylation sites is 2. The minimum atomic E-state index is 0.410. The number of fused-ring (bicyclic) bond motifs is 1. The zero-order chi connectivity index (χ0) is 17.1. The number of hydrogen-bond acceptors (Lipinski definition) is 4. The van der Waals surface area contributed by atoms with Gasteiger partial charge in [-0.1, -0.05) is 12.1 Å². The molecule has 1 aliphatic heterocycles. The molecular formula is C19H30N4O. The standard InChI is InChI=1S/C19H30N4O/c1-15(2)23-18-8-6-5-7-17(18)20-19(23)13-22-9-10-24-14-16(12-22)11-21(3)4/h5-8,15-16H,9-14H2,1-4H3. The third-order valence-corrected chi connectivity index (χ3v) is 4.60. The molecule has 1 atom stereocenters. The molecule has 0 spiro atoms. The molecule has 0 amide bonds. The fourth-order valence-electron chi connectivity index (χ4n) is 3.71. The van der Waals surface area contributed by atoms with Crippen molar-refractivity contribution in [1.29, 1.82) is 0 Å². The predicted molar refractivity (Wildman–Crippen MR) is 98.3 cm³/mol. The first-order valence-electron chi connectivity index (χ1n) is 8.95. The summed E-state index contributed by atoms with van der Waals surface area (Å²) in [6, 6.07) is 8.86. The Balaban J connectivity index is 1.81. The molecule has 1 fully saturated rings. The normalized spacial score (nSPS) is 20.2. The van der Waals surface area contributed by atoms with Crippen LogP contribution in [0.15, 0.2) is 24.3 Å².